The molecule has 0 saturated heterocycles. The molecule has 3 nitrogen and oxygen atoms in total. The Bertz CT molecular complexity index is 1190. The molecule has 1 aliphatic rings. The number of esters is 1. The van der Waals surface area contributed by atoms with Gasteiger partial charge in [0.15, 0.2) is 0 Å². The summed E-state index contributed by atoms with van der Waals surface area (Å²) in [5.41, 5.74) is 4.40. The molecule has 0 bridgehead atoms. The van der Waals surface area contributed by atoms with Crippen molar-refractivity contribution in [3.8, 4) is 28.0 Å². The van der Waals surface area contributed by atoms with Crippen LogP contribution in [0.15, 0.2) is 78.9 Å². The maximum atomic E-state index is 15.1. The average molecular weight is 501 g/mol. The molecule has 0 aliphatic heterocycles. The van der Waals surface area contributed by atoms with Gasteiger partial charge in [-0.1, -0.05) is 87.7 Å². The summed E-state index contributed by atoms with van der Waals surface area (Å²) in [6, 6.07) is 20.6. The predicted octanol–water partition coefficient (Wildman–Crippen LogP) is 8.47. The Morgan fingerprint density at radius 2 is 1.57 bits per heavy atom. The zero-order valence-corrected chi connectivity index (χ0v) is 21.7. The van der Waals surface area contributed by atoms with Crippen molar-refractivity contribution in [2.24, 2.45) is 5.92 Å². The van der Waals surface area contributed by atoms with Crippen LogP contribution in [0.25, 0.3) is 22.3 Å². The predicted molar refractivity (Wildman–Crippen MR) is 148 cm³/mol. The molecule has 4 rings (SSSR count). The number of hydrogen-bond acceptors (Lipinski definition) is 3. The number of carbonyl (C=O) groups is 1. The van der Waals surface area contributed by atoms with Crippen LogP contribution < -0.4 is 4.74 Å². The number of aliphatic hydroxyl groups is 1. The van der Waals surface area contributed by atoms with Gasteiger partial charge in [-0.15, -0.1) is 0 Å². The van der Waals surface area contributed by atoms with E-state index in [2.05, 4.69) is 37.8 Å². The molecule has 4 heteroatoms. The monoisotopic (exact) mass is 500 g/mol. The number of carbonyl (C=O) groups excluding carboxylic acids is 1. The standard InChI is InChI=1S/C33H37FO3/c1-3-4-5-6-24-7-9-25(10-8-24)26-11-13-27(14-12-26)29-17-20-31(32(34)21-29)28-15-18-30(19-16-28)37-33(36)23(2)22-35/h11-21,24-25,35H,2-10,22H2,1H3. The summed E-state index contributed by atoms with van der Waals surface area (Å²) in [6.45, 7) is 5.25. The largest absolute Gasteiger partial charge is 0.423 e. The molecule has 1 N–H and O–H groups in total. The van der Waals surface area contributed by atoms with Crippen LogP contribution >= 0.6 is 0 Å². The van der Waals surface area contributed by atoms with Gasteiger partial charge in [0.25, 0.3) is 0 Å². The lowest BCUT2D eigenvalue weighted by Crippen LogP contribution is -2.13. The van der Waals surface area contributed by atoms with Gasteiger partial charge in [0.1, 0.15) is 11.6 Å². The van der Waals surface area contributed by atoms with E-state index in [1.807, 2.05) is 6.07 Å². The third kappa shape index (κ3) is 6.95. The number of ether oxygens (including phenoxy) is 1. The van der Waals surface area contributed by atoms with Crippen LogP contribution in [0, 0.1) is 11.7 Å². The highest BCUT2D eigenvalue weighted by Crippen LogP contribution is 2.38. The summed E-state index contributed by atoms with van der Waals surface area (Å²) in [6.07, 6.45) is 10.6. The number of benzene rings is 3. The Labute approximate surface area is 220 Å². The lowest BCUT2D eigenvalue weighted by molar-refractivity contribution is -0.130. The lowest BCUT2D eigenvalue weighted by atomic mass is 9.77. The molecule has 0 spiro atoms. The molecule has 194 valence electrons. The molecule has 1 fully saturated rings. The van der Waals surface area contributed by atoms with Crippen LogP contribution in [-0.4, -0.2) is 17.7 Å². The topological polar surface area (TPSA) is 46.5 Å². The molecule has 0 heterocycles. The SMILES string of the molecule is C=C(CO)C(=O)Oc1ccc(-c2ccc(-c3ccc(C4CCC(CCCCC)CC4)cc3)cc2F)cc1. The van der Waals surface area contributed by atoms with E-state index in [0.717, 1.165) is 17.0 Å². The van der Waals surface area contributed by atoms with Gasteiger partial charge < -0.3 is 9.84 Å². The first-order valence-electron chi connectivity index (χ1n) is 13.5. The third-order valence-corrected chi connectivity index (χ3v) is 7.60. The summed E-state index contributed by atoms with van der Waals surface area (Å²) in [7, 11) is 0. The van der Waals surface area contributed by atoms with E-state index in [1.54, 1.807) is 36.4 Å². The van der Waals surface area contributed by atoms with Crippen molar-refractivity contribution >= 4 is 5.97 Å². The molecule has 1 aliphatic carbocycles. The van der Waals surface area contributed by atoms with E-state index in [0.29, 0.717) is 22.8 Å². The smallest absolute Gasteiger partial charge is 0.341 e. The minimum Gasteiger partial charge on any atom is -0.423 e. The van der Waals surface area contributed by atoms with Gasteiger partial charge in [0.2, 0.25) is 0 Å². The number of aliphatic hydroxyl groups excluding tert-OH is 1. The lowest BCUT2D eigenvalue weighted by Gasteiger charge is -2.29. The van der Waals surface area contributed by atoms with Crippen molar-refractivity contribution in [2.75, 3.05) is 6.61 Å². The molecule has 3 aromatic carbocycles. The minimum atomic E-state index is -0.688. The van der Waals surface area contributed by atoms with Crippen LogP contribution in [0.2, 0.25) is 0 Å². The van der Waals surface area contributed by atoms with Gasteiger partial charge in [-0.2, -0.15) is 0 Å². The first-order valence-corrected chi connectivity index (χ1v) is 13.5. The molecule has 1 saturated carbocycles. The summed E-state index contributed by atoms with van der Waals surface area (Å²) in [4.78, 5) is 11.8. The van der Waals surface area contributed by atoms with E-state index in [4.69, 9.17) is 9.84 Å². The second-order valence-corrected chi connectivity index (χ2v) is 10.2. The van der Waals surface area contributed by atoms with Crippen molar-refractivity contribution in [3.63, 3.8) is 0 Å². The van der Waals surface area contributed by atoms with Crippen LogP contribution in [0.1, 0.15) is 69.8 Å². The van der Waals surface area contributed by atoms with Crippen molar-refractivity contribution < 1.29 is 19.0 Å². The Morgan fingerprint density at radius 1 is 0.919 bits per heavy atom. The van der Waals surface area contributed by atoms with Crippen molar-refractivity contribution in [1.82, 2.24) is 0 Å². The zero-order valence-electron chi connectivity index (χ0n) is 21.7. The Morgan fingerprint density at radius 3 is 2.19 bits per heavy atom. The first kappa shape index (κ1) is 26.8. The minimum absolute atomic E-state index is 0.0241. The number of rotatable bonds is 10. The summed E-state index contributed by atoms with van der Waals surface area (Å²) < 4.78 is 20.2. The van der Waals surface area contributed by atoms with Crippen LogP contribution in [0.5, 0.6) is 5.75 Å². The second-order valence-electron chi connectivity index (χ2n) is 10.2. The number of hydrogen-bond donors (Lipinski definition) is 1. The fourth-order valence-corrected chi connectivity index (χ4v) is 5.29. The molecule has 0 amide bonds. The van der Waals surface area contributed by atoms with Crippen LogP contribution in [0.3, 0.4) is 0 Å². The van der Waals surface area contributed by atoms with Gasteiger partial charge in [0.05, 0.1) is 12.2 Å². The fourth-order valence-electron chi connectivity index (χ4n) is 5.29. The molecule has 3 aromatic rings. The maximum Gasteiger partial charge on any atom is 0.341 e. The molecular formula is C33H37FO3. The summed E-state index contributed by atoms with van der Waals surface area (Å²) in [5, 5.41) is 8.98. The molecular weight excluding hydrogens is 463 g/mol. The highest BCUT2D eigenvalue weighted by molar-refractivity contribution is 5.89. The van der Waals surface area contributed by atoms with Gasteiger partial charge in [-0.05, 0) is 78.0 Å². The quantitative estimate of drug-likeness (QED) is 0.131. The van der Waals surface area contributed by atoms with Crippen molar-refractivity contribution in [1.29, 1.82) is 0 Å². The van der Waals surface area contributed by atoms with Crippen LogP contribution in [0.4, 0.5) is 4.39 Å². The van der Waals surface area contributed by atoms with Crippen LogP contribution in [-0.2, 0) is 4.79 Å². The highest BCUT2D eigenvalue weighted by atomic mass is 19.1. The second kappa shape index (κ2) is 12.8. The molecule has 0 unspecified atom stereocenters. The van der Waals surface area contributed by atoms with E-state index >= 15 is 4.39 Å². The Balaban J connectivity index is 1.38. The summed E-state index contributed by atoms with van der Waals surface area (Å²) >= 11 is 0. The zero-order chi connectivity index (χ0) is 26.2. The molecule has 0 radical (unpaired) electrons. The molecule has 37 heavy (non-hydrogen) atoms. The normalized spacial score (nSPS) is 17.4. The average Bonchev–Trinajstić information content (AvgIpc) is 2.93. The fraction of sp³-hybridized carbons (Fsp3) is 0.364. The number of unbranched alkanes of at least 4 members (excludes halogenated alkanes) is 2. The van der Waals surface area contributed by atoms with Crippen molar-refractivity contribution in [3.05, 3.63) is 90.3 Å². The Kier molecular flexibility index (Phi) is 9.29. The number of halogens is 1. The Hall–Kier alpha value is -3.24. The van der Waals surface area contributed by atoms with Crippen molar-refractivity contribution in [2.45, 2.75) is 64.2 Å². The van der Waals surface area contributed by atoms with Gasteiger partial charge in [0, 0.05) is 5.56 Å². The highest BCUT2D eigenvalue weighted by Gasteiger charge is 2.22. The molecule has 0 atom stereocenters. The van der Waals surface area contributed by atoms with Gasteiger partial charge >= 0.3 is 5.97 Å². The molecule has 0 aromatic heterocycles. The third-order valence-electron chi connectivity index (χ3n) is 7.60. The van der Waals surface area contributed by atoms with E-state index in [-0.39, 0.29) is 11.4 Å². The maximum absolute atomic E-state index is 15.1. The van der Waals surface area contributed by atoms with E-state index in [9.17, 15) is 4.79 Å². The summed E-state index contributed by atoms with van der Waals surface area (Å²) in [5.74, 6) is 0.860. The first-order chi connectivity index (χ1) is 18.0. The van der Waals surface area contributed by atoms with Gasteiger partial charge in [-0.3, -0.25) is 0 Å². The van der Waals surface area contributed by atoms with E-state index in [1.165, 1.54) is 56.9 Å². The van der Waals surface area contributed by atoms with E-state index < -0.39 is 12.6 Å². The van der Waals surface area contributed by atoms with Gasteiger partial charge in [-0.25, -0.2) is 9.18 Å².